The van der Waals surface area contributed by atoms with Crippen LogP contribution in [0.4, 0.5) is 4.79 Å². The molecule has 0 saturated heterocycles. The maximum atomic E-state index is 14.1. The number of aromatic amines is 1. The third kappa shape index (κ3) is 17.2. The molecule has 0 aliphatic rings. The van der Waals surface area contributed by atoms with Crippen molar-refractivity contribution in [3.05, 3.63) is 89.5 Å². The number of aliphatic hydroxyl groups excluding tert-OH is 1. The maximum absolute atomic E-state index is 14.1. The topological polar surface area (TPSA) is 230 Å². The molecule has 5 amide bonds. The lowest BCUT2D eigenvalue weighted by Crippen LogP contribution is -2.58. The number of hydrogen-bond acceptors (Lipinski definition) is 9. The Morgan fingerprint density at radius 1 is 0.772 bits per heavy atom. The lowest BCUT2D eigenvalue weighted by molar-refractivity contribution is -0.132. The van der Waals surface area contributed by atoms with Crippen LogP contribution in [-0.2, 0) is 49.8 Å². The minimum Gasteiger partial charge on any atom is -0.444 e. The zero-order valence-corrected chi connectivity index (χ0v) is 34.3. The molecule has 0 aliphatic heterocycles. The van der Waals surface area contributed by atoms with Crippen LogP contribution in [0.25, 0.3) is 0 Å². The van der Waals surface area contributed by atoms with Crippen LogP contribution in [0.2, 0.25) is 0 Å². The molecule has 0 saturated carbocycles. The molecule has 1 aromatic heterocycles. The molecule has 5 atom stereocenters. The molecule has 15 nitrogen and oxygen atoms in total. The van der Waals surface area contributed by atoms with E-state index in [0.29, 0.717) is 25.1 Å². The molecule has 0 fully saturated rings. The van der Waals surface area contributed by atoms with Crippen molar-refractivity contribution in [2.24, 2.45) is 17.6 Å². The quantitative estimate of drug-likeness (QED) is 0.0792. The third-order valence-corrected chi connectivity index (χ3v) is 8.87. The van der Waals surface area contributed by atoms with Crippen molar-refractivity contribution >= 4 is 29.7 Å². The van der Waals surface area contributed by atoms with E-state index in [1.54, 1.807) is 20.8 Å². The highest BCUT2D eigenvalue weighted by atomic mass is 16.6. The van der Waals surface area contributed by atoms with Crippen molar-refractivity contribution in [3.63, 3.8) is 0 Å². The molecule has 3 rings (SSSR count). The second kappa shape index (κ2) is 22.5. The van der Waals surface area contributed by atoms with Crippen LogP contribution in [-0.4, -0.2) is 80.7 Å². The summed E-state index contributed by atoms with van der Waals surface area (Å²) in [6.45, 7) is 13.5. The number of amides is 5. The first-order valence-corrected chi connectivity index (χ1v) is 19.6. The minimum absolute atomic E-state index is 0.000758. The Labute approximate surface area is 336 Å². The summed E-state index contributed by atoms with van der Waals surface area (Å²) in [5.74, 6) is -2.09. The van der Waals surface area contributed by atoms with Crippen LogP contribution in [0.5, 0.6) is 0 Å². The third-order valence-electron chi connectivity index (χ3n) is 8.87. The van der Waals surface area contributed by atoms with E-state index in [1.807, 2.05) is 82.3 Å². The van der Waals surface area contributed by atoms with Gasteiger partial charge in [-0.1, -0.05) is 82.3 Å². The molecular weight excluding hydrogens is 729 g/mol. The molecule has 0 bridgehead atoms. The van der Waals surface area contributed by atoms with Gasteiger partial charge in [-0.25, -0.2) is 9.78 Å². The van der Waals surface area contributed by atoms with E-state index < -0.39 is 66.1 Å². The first kappa shape index (κ1) is 46.1. The normalized spacial score (nSPS) is 14.2. The molecule has 2 unspecified atom stereocenters. The van der Waals surface area contributed by atoms with Crippen molar-refractivity contribution in [2.75, 3.05) is 0 Å². The number of ether oxygens (including phenoxy) is 1. The van der Waals surface area contributed by atoms with E-state index in [1.165, 1.54) is 12.5 Å². The van der Waals surface area contributed by atoms with Crippen LogP contribution in [0.3, 0.4) is 0 Å². The highest BCUT2D eigenvalue weighted by Crippen LogP contribution is 2.15. The predicted octanol–water partition coefficient (Wildman–Crippen LogP) is 3.16. The summed E-state index contributed by atoms with van der Waals surface area (Å²) >= 11 is 0. The molecule has 312 valence electrons. The molecule has 0 aliphatic carbocycles. The summed E-state index contributed by atoms with van der Waals surface area (Å²) in [5, 5.41) is 25.4. The van der Waals surface area contributed by atoms with Crippen molar-refractivity contribution in [3.8, 4) is 0 Å². The molecule has 57 heavy (non-hydrogen) atoms. The first-order chi connectivity index (χ1) is 26.9. The molecule has 2 aromatic carbocycles. The van der Waals surface area contributed by atoms with E-state index in [9.17, 15) is 29.1 Å². The van der Waals surface area contributed by atoms with Gasteiger partial charge < -0.3 is 47.1 Å². The Balaban J connectivity index is 1.76. The second-order valence-electron chi connectivity index (χ2n) is 16.2. The van der Waals surface area contributed by atoms with Gasteiger partial charge in [0.15, 0.2) is 0 Å². The van der Waals surface area contributed by atoms with Crippen LogP contribution in [0.15, 0.2) is 67.1 Å². The van der Waals surface area contributed by atoms with Crippen LogP contribution < -0.4 is 32.3 Å². The van der Waals surface area contributed by atoms with Gasteiger partial charge in [-0.3, -0.25) is 19.2 Å². The minimum atomic E-state index is -1.33. The number of carbonyl (C=O) groups excluding carboxylic acids is 5. The van der Waals surface area contributed by atoms with Crippen molar-refractivity contribution in [2.45, 2.75) is 130 Å². The second-order valence-corrected chi connectivity index (χ2v) is 16.2. The largest absolute Gasteiger partial charge is 0.444 e. The Kier molecular flexibility index (Phi) is 18.2. The molecule has 1 heterocycles. The van der Waals surface area contributed by atoms with Gasteiger partial charge in [-0.2, -0.15) is 0 Å². The highest BCUT2D eigenvalue weighted by molar-refractivity contribution is 5.92. The van der Waals surface area contributed by atoms with Crippen molar-refractivity contribution in [1.82, 2.24) is 36.6 Å². The number of carbonyl (C=O) groups is 5. The Morgan fingerprint density at radius 3 is 2.02 bits per heavy atom. The SMILES string of the molecule is CC(C)CC(NC(=O)[C@H](Cc1cnc[nH]1)NC(=O)[C@H](Cc1ccccc1)NC(=O)OC(C)(C)C)C(O)CC(=O)N[C@@H](CC(C)C)C(=O)NCc1cccc(CN)c1. The molecule has 15 heteroatoms. The summed E-state index contributed by atoms with van der Waals surface area (Å²) in [4.78, 5) is 74.4. The number of benzene rings is 2. The average Bonchev–Trinajstić information content (AvgIpc) is 3.65. The number of aliphatic hydroxyl groups is 1. The number of imidazole rings is 1. The predicted molar refractivity (Wildman–Crippen MR) is 217 cm³/mol. The number of alkyl carbamates (subject to hydrolysis) is 1. The number of nitrogens with zero attached hydrogens (tertiary/aromatic N) is 1. The smallest absolute Gasteiger partial charge is 0.408 e. The van der Waals surface area contributed by atoms with Gasteiger partial charge in [0.25, 0.3) is 0 Å². The molecular formula is C42H62N8O7. The Bertz CT molecular complexity index is 1730. The highest BCUT2D eigenvalue weighted by Gasteiger charge is 2.33. The van der Waals surface area contributed by atoms with Gasteiger partial charge in [0.1, 0.15) is 23.7 Å². The number of aromatic nitrogens is 2. The number of nitrogens with one attached hydrogen (secondary N) is 6. The Hall–Kier alpha value is -5.28. The van der Waals surface area contributed by atoms with Gasteiger partial charge in [0, 0.05) is 37.8 Å². The summed E-state index contributed by atoms with van der Waals surface area (Å²) in [6.07, 6.45) is 1.25. The standard InChI is InChI=1S/C42H62N8O7/c1-26(2)16-32(36(51)21-37(52)47-33(17-27(3)4)38(53)45-23-30-15-11-14-29(18-30)22-43)48-40(55)35(20-31-24-44-25-46-31)49-39(54)34(19-28-12-9-8-10-13-28)50-41(56)57-42(5,6)7/h8-15,18,24-27,32-36,51H,16-17,19-23,43H2,1-7H3,(H,44,46)(H,45,53)(H,47,52)(H,48,55)(H,49,54)(H,50,56)/t32?,33-,34-,35-,36?/m0/s1. The lowest BCUT2D eigenvalue weighted by Gasteiger charge is -2.29. The maximum Gasteiger partial charge on any atom is 0.408 e. The number of rotatable bonds is 21. The van der Waals surface area contributed by atoms with Crippen molar-refractivity contribution < 1.29 is 33.8 Å². The monoisotopic (exact) mass is 790 g/mol. The van der Waals surface area contributed by atoms with E-state index >= 15 is 0 Å². The molecule has 3 aromatic rings. The van der Waals surface area contributed by atoms with E-state index in [-0.39, 0.29) is 37.1 Å². The van der Waals surface area contributed by atoms with E-state index in [4.69, 9.17) is 10.5 Å². The average molecular weight is 791 g/mol. The number of nitrogens with two attached hydrogens (primary N) is 1. The fourth-order valence-corrected chi connectivity index (χ4v) is 6.18. The Morgan fingerprint density at radius 2 is 1.40 bits per heavy atom. The lowest BCUT2D eigenvalue weighted by atomic mass is 9.96. The summed E-state index contributed by atoms with van der Waals surface area (Å²) in [5.41, 5.74) is 8.07. The zero-order valence-electron chi connectivity index (χ0n) is 34.3. The fourth-order valence-electron chi connectivity index (χ4n) is 6.18. The van der Waals surface area contributed by atoms with Crippen molar-refractivity contribution in [1.29, 1.82) is 0 Å². The summed E-state index contributed by atoms with van der Waals surface area (Å²) < 4.78 is 5.43. The van der Waals surface area contributed by atoms with Gasteiger partial charge in [-0.05, 0) is 62.1 Å². The van der Waals surface area contributed by atoms with E-state index in [2.05, 4.69) is 36.6 Å². The summed E-state index contributed by atoms with van der Waals surface area (Å²) in [6, 6.07) is 12.6. The number of H-pyrrole nitrogens is 1. The van der Waals surface area contributed by atoms with Crippen LogP contribution in [0.1, 0.15) is 90.1 Å². The number of hydrogen-bond donors (Lipinski definition) is 8. The molecule has 9 N–H and O–H groups in total. The van der Waals surface area contributed by atoms with Gasteiger partial charge >= 0.3 is 6.09 Å². The fraction of sp³-hybridized carbons (Fsp3) is 0.524. The van der Waals surface area contributed by atoms with E-state index in [0.717, 1.165) is 16.7 Å². The van der Waals surface area contributed by atoms with Gasteiger partial charge in [0.2, 0.25) is 23.6 Å². The van der Waals surface area contributed by atoms with Crippen LogP contribution in [0, 0.1) is 11.8 Å². The summed E-state index contributed by atoms with van der Waals surface area (Å²) in [7, 11) is 0. The first-order valence-electron chi connectivity index (χ1n) is 19.6. The van der Waals surface area contributed by atoms with Gasteiger partial charge in [-0.15, -0.1) is 0 Å². The zero-order chi connectivity index (χ0) is 42.1. The molecule has 0 spiro atoms. The van der Waals surface area contributed by atoms with Crippen LogP contribution >= 0.6 is 0 Å². The molecule has 0 radical (unpaired) electrons. The van der Waals surface area contributed by atoms with Gasteiger partial charge in [0.05, 0.1) is 24.9 Å².